The second kappa shape index (κ2) is 5.63. The molecule has 0 bridgehead atoms. The molecule has 0 spiro atoms. The Morgan fingerprint density at radius 3 is 2.71 bits per heavy atom. The fourth-order valence-electron chi connectivity index (χ4n) is 2.51. The van der Waals surface area contributed by atoms with Gasteiger partial charge in [-0.05, 0) is 38.5 Å². The lowest BCUT2D eigenvalue weighted by Crippen LogP contribution is -2.37. The highest BCUT2D eigenvalue weighted by Gasteiger charge is 2.39. The van der Waals surface area contributed by atoms with Crippen molar-refractivity contribution in [1.29, 1.82) is 0 Å². The van der Waals surface area contributed by atoms with E-state index in [1.807, 2.05) is 17.9 Å². The topological polar surface area (TPSA) is 98.6 Å². The third-order valence-electron chi connectivity index (χ3n) is 3.97. The molecule has 6 heteroatoms. The second-order valence-corrected chi connectivity index (χ2v) is 5.59. The number of rotatable bonds is 4. The normalized spacial score (nSPS) is 21.3. The molecule has 0 saturated carbocycles. The standard InChI is InChI=1S/C15H21N3O3/c1-3-21-13(19)11-8-10(4-5-12(11)16)18-7-6-15(2,9-18)14(17)20/h4-5,8H,3,6-7,9,16H2,1-2H3,(H2,17,20). The minimum Gasteiger partial charge on any atom is -0.462 e. The third-order valence-corrected chi connectivity index (χ3v) is 3.97. The van der Waals surface area contributed by atoms with Gasteiger partial charge in [0.15, 0.2) is 0 Å². The van der Waals surface area contributed by atoms with Crippen LogP contribution in [0.1, 0.15) is 30.6 Å². The van der Waals surface area contributed by atoms with E-state index in [0.29, 0.717) is 37.4 Å². The van der Waals surface area contributed by atoms with Crippen molar-refractivity contribution >= 4 is 23.3 Å². The lowest BCUT2D eigenvalue weighted by molar-refractivity contribution is -0.125. The van der Waals surface area contributed by atoms with E-state index in [2.05, 4.69) is 0 Å². The summed E-state index contributed by atoms with van der Waals surface area (Å²) in [5.41, 5.74) is 12.3. The second-order valence-electron chi connectivity index (χ2n) is 5.59. The van der Waals surface area contributed by atoms with Gasteiger partial charge in [-0.15, -0.1) is 0 Å². The van der Waals surface area contributed by atoms with E-state index in [4.69, 9.17) is 16.2 Å². The van der Waals surface area contributed by atoms with E-state index in [-0.39, 0.29) is 5.91 Å². The van der Waals surface area contributed by atoms with E-state index < -0.39 is 11.4 Å². The van der Waals surface area contributed by atoms with Crippen molar-refractivity contribution in [3.63, 3.8) is 0 Å². The molecular weight excluding hydrogens is 270 g/mol. The molecule has 1 unspecified atom stereocenters. The van der Waals surface area contributed by atoms with Gasteiger partial charge in [0.1, 0.15) is 0 Å². The summed E-state index contributed by atoms with van der Waals surface area (Å²) in [5, 5.41) is 0. The van der Waals surface area contributed by atoms with Crippen molar-refractivity contribution in [2.24, 2.45) is 11.1 Å². The minimum atomic E-state index is -0.536. The number of nitrogens with zero attached hydrogens (tertiary/aromatic N) is 1. The van der Waals surface area contributed by atoms with Crippen molar-refractivity contribution in [1.82, 2.24) is 0 Å². The number of amides is 1. The van der Waals surface area contributed by atoms with Gasteiger partial charge in [0.2, 0.25) is 5.91 Å². The van der Waals surface area contributed by atoms with Crippen LogP contribution in [0.4, 0.5) is 11.4 Å². The van der Waals surface area contributed by atoms with E-state index >= 15 is 0 Å². The molecule has 1 saturated heterocycles. The van der Waals surface area contributed by atoms with Crippen molar-refractivity contribution in [2.75, 3.05) is 30.3 Å². The highest BCUT2D eigenvalue weighted by Crippen LogP contribution is 2.34. The quantitative estimate of drug-likeness (QED) is 0.640. The van der Waals surface area contributed by atoms with Crippen LogP contribution in [0.2, 0.25) is 0 Å². The van der Waals surface area contributed by atoms with Gasteiger partial charge in [-0.3, -0.25) is 4.79 Å². The zero-order chi connectivity index (χ0) is 15.6. The average Bonchev–Trinajstić information content (AvgIpc) is 2.83. The Bertz CT molecular complexity index is 573. The molecule has 1 atom stereocenters. The Hall–Kier alpha value is -2.24. The molecule has 1 amide bonds. The van der Waals surface area contributed by atoms with Crippen LogP contribution in [0.15, 0.2) is 18.2 Å². The fourth-order valence-corrected chi connectivity index (χ4v) is 2.51. The number of esters is 1. The van der Waals surface area contributed by atoms with Crippen molar-refractivity contribution < 1.29 is 14.3 Å². The number of hydrogen-bond acceptors (Lipinski definition) is 5. The number of benzene rings is 1. The summed E-state index contributed by atoms with van der Waals surface area (Å²) in [6.07, 6.45) is 0.696. The van der Waals surface area contributed by atoms with Crippen LogP contribution in [-0.2, 0) is 9.53 Å². The van der Waals surface area contributed by atoms with Gasteiger partial charge >= 0.3 is 5.97 Å². The highest BCUT2D eigenvalue weighted by molar-refractivity contribution is 5.96. The minimum absolute atomic E-state index is 0.298. The van der Waals surface area contributed by atoms with Gasteiger partial charge in [-0.1, -0.05) is 0 Å². The maximum atomic E-state index is 11.9. The Morgan fingerprint density at radius 1 is 1.43 bits per heavy atom. The number of primary amides is 1. The summed E-state index contributed by atoms with van der Waals surface area (Å²) in [7, 11) is 0. The molecule has 6 nitrogen and oxygen atoms in total. The molecule has 1 aromatic carbocycles. The first-order chi connectivity index (χ1) is 9.87. The summed E-state index contributed by atoms with van der Waals surface area (Å²) in [4.78, 5) is 25.4. The third kappa shape index (κ3) is 2.94. The Kier molecular flexibility index (Phi) is 4.06. The largest absolute Gasteiger partial charge is 0.462 e. The number of hydrogen-bond donors (Lipinski definition) is 2. The number of anilines is 2. The molecule has 1 aliphatic heterocycles. The van der Waals surface area contributed by atoms with Crippen molar-refractivity contribution in [3.8, 4) is 0 Å². The summed E-state index contributed by atoms with van der Waals surface area (Å²) in [6, 6.07) is 5.23. The van der Waals surface area contributed by atoms with Crippen molar-refractivity contribution in [3.05, 3.63) is 23.8 Å². The first-order valence-corrected chi connectivity index (χ1v) is 6.99. The Morgan fingerprint density at radius 2 is 2.14 bits per heavy atom. The zero-order valence-corrected chi connectivity index (χ0v) is 12.4. The summed E-state index contributed by atoms with van der Waals surface area (Å²) in [6.45, 7) is 5.15. The SMILES string of the molecule is CCOC(=O)c1cc(N2CCC(C)(C(N)=O)C2)ccc1N. The van der Waals surface area contributed by atoms with Crippen LogP contribution >= 0.6 is 0 Å². The number of carbonyl (C=O) groups excluding carboxylic acids is 2. The summed E-state index contributed by atoms with van der Waals surface area (Å²) < 4.78 is 4.99. The van der Waals surface area contributed by atoms with Crippen LogP contribution in [0.25, 0.3) is 0 Å². The number of nitrogens with two attached hydrogens (primary N) is 2. The van der Waals surface area contributed by atoms with Crippen LogP contribution in [0, 0.1) is 5.41 Å². The number of ether oxygens (including phenoxy) is 1. The molecule has 0 aromatic heterocycles. The molecule has 114 valence electrons. The predicted octanol–water partition coefficient (Wildman–Crippen LogP) is 1.15. The molecule has 2 rings (SSSR count). The van der Waals surface area contributed by atoms with Gasteiger partial charge in [-0.2, -0.15) is 0 Å². The molecule has 1 heterocycles. The summed E-state index contributed by atoms with van der Waals surface area (Å²) in [5.74, 6) is -0.736. The monoisotopic (exact) mass is 291 g/mol. The maximum Gasteiger partial charge on any atom is 0.340 e. The van der Waals surface area contributed by atoms with Crippen LogP contribution in [0.3, 0.4) is 0 Å². The molecule has 4 N–H and O–H groups in total. The van der Waals surface area contributed by atoms with Gasteiger partial charge in [0.25, 0.3) is 0 Å². The number of carbonyl (C=O) groups is 2. The summed E-state index contributed by atoms with van der Waals surface area (Å²) >= 11 is 0. The lowest BCUT2D eigenvalue weighted by atomic mass is 9.89. The molecule has 0 radical (unpaired) electrons. The maximum absolute atomic E-state index is 11.9. The highest BCUT2D eigenvalue weighted by atomic mass is 16.5. The van der Waals surface area contributed by atoms with E-state index in [0.717, 1.165) is 5.69 Å². The van der Waals surface area contributed by atoms with Gasteiger partial charge < -0.3 is 21.1 Å². The molecule has 1 fully saturated rings. The van der Waals surface area contributed by atoms with Crippen LogP contribution < -0.4 is 16.4 Å². The van der Waals surface area contributed by atoms with E-state index in [1.165, 1.54) is 0 Å². The van der Waals surface area contributed by atoms with Gasteiger partial charge in [-0.25, -0.2) is 4.79 Å². The fraction of sp³-hybridized carbons (Fsp3) is 0.467. The van der Waals surface area contributed by atoms with Gasteiger partial charge in [0.05, 0.1) is 17.6 Å². The molecule has 1 aliphatic rings. The molecule has 21 heavy (non-hydrogen) atoms. The van der Waals surface area contributed by atoms with Gasteiger partial charge in [0, 0.05) is 24.5 Å². The Balaban J connectivity index is 2.24. The average molecular weight is 291 g/mol. The molecular formula is C15H21N3O3. The van der Waals surface area contributed by atoms with E-state index in [9.17, 15) is 9.59 Å². The zero-order valence-electron chi connectivity index (χ0n) is 12.4. The van der Waals surface area contributed by atoms with Crippen molar-refractivity contribution in [2.45, 2.75) is 20.3 Å². The molecule has 0 aliphatic carbocycles. The van der Waals surface area contributed by atoms with Crippen LogP contribution in [-0.4, -0.2) is 31.6 Å². The van der Waals surface area contributed by atoms with E-state index in [1.54, 1.807) is 19.1 Å². The molecule has 1 aromatic rings. The van der Waals surface area contributed by atoms with Crippen LogP contribution in [0.5, 0.6) is 0 Å². The number of nitrogen functional groups attached to an aromatic ring is 1. The first kappa shape index (κ1) is 15.2. The predicted molar refractivity (Wildman–Crippen MR) is 80.9 cm³/mol. The smallest absolute Gasteiger partial charge is 0.340 e. The lowest BCUT2D eigenvalue weighted by Gasteiger charge is -2.23. The Labute approximate surface area is 124 Å². The first-order valence-electron chi connectivity index (χ1n) is 6.99.